The number of hydrogen-bond donors (Lipinski definition) is 0. The summed E-state index contributed by atoms with van der Waals surface area (Å²) in [5, 5.41) is 2.64. The van der Waals surface area contributed by atoms with E-state index in [0.717, 1.165) is 11.2 Å². The van der Waals surface area contributed by atoms with Crippen LogP contribution in [0.5, 0.6) is 0 Å². The molecule has 2 heterocycles. The van der Waals surface area contributed by atoms with Crippen LogP contribution in [0.2, 0.25) is 0 Å². The fourth-order valence-electron chi connectivity index (χ4n) is 5.54. The number of thiophene rings is 1. The van der Waals surface area contributed by atoms with Crippen molar-refractivity contribution in [3.63, 3.8) is 0 Å². The molecule has 0 radical (unpaired) electrons. The normalized spacial score (nSPS) is 14.7. The topological polar surface area (TPSA) is 12.9 Å². The molecule has 1 aliphatic carbocycles. The van der Waals surface area contributed by atoms with E-state index in [-0.39, 0.29) is 10.8 Å². The van der Waals surface area contributed by atoms with Crippen LogP contribution in [0.3, 0.4) is 0 Å². The van der Waals surface area contributed by atoms with Crippen molar-refractivity contribution in [2.75, 3.05) is 0 Å². The van der Waals surface area contributed by atoms with Gasteiger partial charge in [0.05, 0.1) is 11.2 Å². The summed E-state index contributed by atoms with van der Waals surface area (Å²) in [6.07, 6.45) is 0. The van der Waals surface area contributed by atoms with Gasteiger partial charge in [0.15, 0.2) is 0 Å². The molecule has 0 saturated heterocycles. The lowest BCUT2D eigenvalue weighted by atomic mass is 9.78. The quantitative estimate of drug-likeness (QED) is 0.257. The molecule has 32 heavy (non-hydrogen) atoms. The first-order valence-corrected chi connectivity index (χ1v) is 12.1. The van der Waals surface area contributed by atoms with Crippen molar-refractivity contribution in [2.24, 2.45) is 0 Å². The van der Waals surface area contributed by atoms with Crippen LogP contribution in [-0.4, -0.2) is 4.98 Å². The maximum atomic E-state index is 5.18. The molecule has 0 aliphatic heterocycles. The first-order valence-electron chi connectivity index (χ1n) is 11.3. The molecule has 6 rings (SSSR count). The molecule has 0 amide bonds. The minimum absolute atomic E-state index is 0.0412. The van der Waals surface area contributed by atoms with Gasteiger partial charge in [-0.2, -0.15) is 0 Å². The van der Waals surface area contributed by atoms with Gasteiger partial charge in [0.2, 0.25) is 0 Å². The van der Waals surface area contributed by atoms with Crippen molar-refractivity contribution in [1.82, 2.24) is 4.98 Å². The Morgan fingerprint density at radius 2 is 1.44 bits per heavy atom. The second kappa shape index (κ2) is 6.52. The van der Waals surface area contributed by atoms with Crippen LogP contribution in [-0.2, 0) is 10.8 Å². The summed E-state index contributed by atoms with van der Waals surface area (Å²) in [5.74, 6) is 0. The number of hydrogen-bond acceptors (Lipinski definition) is 2. The molecule has 2 heteroatoms. The summed E-state index contributed by atoms with van der Waals surface area (Å²) >= 11 is 1.92. The van der Waals surface area contributed by atoms with E-state index in [4.69, 9.17) is 4.98 Å². The van der Waals surface area contributed by atoms with Gasteiger partial charge >= 0.3 is 0 Å². The minimum Gasteiger partial charge on any atom is -0.248 e. The van der Waals surface area contributed by atoms with Crippen molar-refractivity contribution in [3.05, 3.63) is 89.5 Å². The van der Waals surface area contributed by atoms with E-state index in [1.165, 1.54) is 48.2 Å². The number of aromatic nitrogens is 1. The fraction of sp³-hybridized carbons (Fsp3) is 0.233. The van der Waals surface area contributed by atoms with Crippen molar-refractivity contribution in [2.45, 2.75) is 45.4 Å². The smallest absolute Gasteiger partial charge is 0.0716 e. The molecule has 1 aliphatic rings. The van der Waals surface area contributed by atoms with Crippen LogP contribution >= 0.6 is 11.3 Å². The lowest BCUT2D eigenvalue weighted by molar-refractivity contribution is 0.595. The Bertz CT molecular complexity index is 1530. The number of para-hydroxylation sites is 1. The van der Waals surface area contributed by atoms with Crippen molar-refractivity contribution in [3.8, 4) is 21.7 Å². The molecule has 0 atom stereocenters. The molecule has 0 bridgehead atoms. The Balaban J connectivity index is 1.66. The number of benzene rings is 3. The van der Waals surface area contributed by atoms with Gasteiger partial charge in [-0.15, -0.1) is 11.3 Å². The molecule has 1 nitrogen and oxygen atoms in total. The summed E-state index contributed by atoms with van der Waals surface area (Å²) in [4.78, 5) is 6.60. The van der Waals surface area contributed by atoms with Gasteiger partial charge in [-0.3, -0.25) is 0 Å². The molecular formula is C30H27NS. The highest BCUT2D eigenvalue weighted by Crippen LogP contribution is 2.57. The van der Waals surface area contributed by atoms with Gasteiger partial charge in [0, 0.05) is 25.9 Å². The molecular weight excluding hydrogens is 406 g/mol. The summed E-state index contributed by atoms with van der Waals surface area (Å²) in [6, 6.07) is 26.5. The number of rotatable bonds is 1. The van der Waals surface area contributed by atoms with Gasteiger partial charge in [-0.1, -0.05) is 89.2 Å². The Morgan fingerprint density at radius 1 is 0.750 bits per heavy atom. The van der Waals surface area contributed by atoms with E-state index >= 15 is 0 Å². The zero-order valence-electron chi connectivity index (χ0n) is 19.3. The van der Waals surface area contributed by atoms with Crippen molar-refractivity contribution >= 4 is 32.3 Å². The molecule has 158 valence electrons. The minimum atomic E-state index is -0.0733. The molecule has 2 aromatic heterocycles. The van der Waals surface area contributed by atoms with Crippen LogP contribution in [0.25, 0.3) is 42.7 Å². The lowest BCUT2D eigenvalue weighted by Gasteiger charge is -2.26. The average molecular weight is 434 g/mol. The SMILES string of the molecule is CC(C)(C)c1cc(-c2cccc3c2C(C)(C)c2c-3sc3ccccc23)nc2ccccc12. The van der Waals surface area contributed by atoms with Gasteiger partial charge < -0.3 is 0 Å². The van der Waals surface area contributed by atoms with E-state index in [1.54, 1.807) is 0 Å². The summed E-state index contributed by atoms with van der Waals surface area (Å²) in [6.45, 7) is 11.6. The first-order chi connectivity index (χ1) is 15.3. The molecule has 0 spiro atoms. The third-order valence-corrected chi connectivity index (χ3v) is 8.16. The maximum Gasteiger partial charge on any atom is 0.0716 e. The van der Waals surface area contributed by atoms with Gasteiger partial charge in [0.1, 0.15) is 0 Å². The Labute approximate surface area is 193 Å². The second-order valence-corrected chi connectivity index (χ2v) is 11.5. The van der Waals surface area contributed by atoms with E-state index in [0.29, 0.717) is 0 Å². The van der Waals surface area contributed by atoms with E-state index < -0.39 is 0 Å². The zero-order chi connectivity index (χ0) is 22.3. The third kappa shape index (κ3) is 2.66. The zero-order valence-corrected chi connectivity index (χ0v) is 20.1. The molecule has 5 aromatic rings. The van der Waals surface area contributed by atoms with Crippen LogP contribution in [0, 0.1) is 0 Å². The second-order valence-electron chi connectivity index (χ2n) is 10.5. The van der Waals surface area contributed by atoms with Crippen molar-refractivity contribution in [1.29, 1.82) is 0 Å². The van der Waals surface area contributed by atoms with Crippen LogP contribution in [0.4, 0.5) is 0 Å². The van der Waals surface area contributed by atoms with Crippen LogP contribution in [0.1, 0.15) is 51.3 Å². The van der Waals surface area contributed by atoms with Gasteiger partial charge in [-0.25, -0.2) is 4.98 Å². The Hall–Kier alpha value is -2.97. The molecule has 0 N–H and O–H groups in total. The third-order valence-electron chi connectivity index (χ3n) is 6.95. The lowest BCUT2D eigenvalue weighted by Crippen LogP contribution is -2.17. The van der Waals surface area contributed by atoms with Gasteiger partial charge in [0.25, 0.3) is 0 Å². The average Bonchev–Trinajstić information content (AvgIpc) is 3.26. The molecule has 0 unspecified atom stereocenters. The number of fused-ring (bicyclic) bond motifs is 6. The highest BCUT2D eigenvalue weighted by molar-refractivity contribution is 7.22. The first kappa shape index (κ1) is 19.7. The van der Waals surface area contributed by atoms with Crippen molar-refractivity contribution < 1.29 is 0 Å². The molecule has 3 aromatic carbocycles. The Morgan fingerprint density at radius 3 is 2.22 bits per heavy atom. The monoisotopic (exact) mass is 433 g/mol. The molecule has 0 fully saturated rings. The van der Waals surface area contributed by atoms with E-state index in [9.17, 15) is 0 Å². The molecule has 0 saturated carbocycles. The summed E-state index contributed by atoms with van der Waals surface area (Å²) in [7, 11) is 0. The van der Waals surface area contributed by atoms with Crippen LogP contribution < -0.4 is 0 Å². The highest BCUT2D eigenvalue weighted by atomic mass is 32.1. The highest BCUT2D eigenvalue weighted by Gasteiger charge is 2.40. The van der Waals surface area contributed by atoms with E-state index in [2.05, 4.69) is 107 Å². The van der Waals surface area contributed by atoms with E-state index in [1.807, 2.05) is 11.3 Å². The van der Waals surface area contributed by atoms with Crippen LogP contribution in [0.15, 0.2) is 72.8 Å². The number of nitrogens with zero attached hydrogens (tertiary/aromatic N) is 1. The predicted octanol–water partition coefficient (Wildman–Crippen LogP) is 8.72. The fourth-order valence-corrected chi connectivity index (χ4v) is 6.94. The maximum absolute atomic E-state index is 5.18. The largest absolute Gasteiger partial charge is 0.248 e. The standard InChI is InChI=1S/C30H27NS/c1-29(2,3)22-17-24(31-23-15-8-6-11-18(22)23)19-13-10-14-21-26(19)30(4,5)27-20-12-7-9-16-25(20)32-28(21)27/h6-17H,1-5H3. The predicted molar refractivity (Wildman–Crippen MR) is 139 cm³/mol. The summed E-state index contributed by atoms with van der Waals surface area (Å²) in [5.41, 5.74) is 8.99. The Kier molecular flexibility index (Phi) is 4.02. The number of pyridine rings is 1. The van der Waals surface area contributed by atoms with Gasteiger partial charge in [-0.05, 0) is 51.3 Å². The summed E-state index contributed by atoms with van der Waals surface area (Å²) < 4.78 is 1.38.